The Kier molecular flexibility index (Phi) is 3.25. The van der Waals surface area contributed by atoms with Crippen LogP contribution in [0.4, 0.5) is 0 Å². The number of hydrogen-bond donors (Lipinski definition) is 1. The third-order valence-corrected chi connectivity index (χ3v) is 4.26. The number of aromatic nitrogens is 1. The van der Waals surface area contributed by atoms with E-state index in [1.54, 1.807) is 7.11 Å². The smallest absolute Gasteiger partial charge is 0.0919 e. The van der Waals surface area contributed by atoms with Crippen LogP contribution in [0.15, 0.2) is 36.7 Å². The highest BCUT2D eigenvalue weighted by molar-refractivity contribution is 5.85. The van der Waals surface area contributed by atoms with Crippen molar-refractivity contribution < 1.29 is 9.84 Å². The molecule has 3 nitrogen and oxygen atoms in total. The standard InChI is InChI=1S/C16H19NO2/c1-19-13-6-8-16(18,9-7-13)15-11-17-10-12-4-2-3-5-14(12)15/h2-5,10-11,13,18H,6-9H2,1H3. The van der Waals surface area contributed by atoms with E-state index in [0.717, 1.165) is 42.0 Å². The molecule has 1 saturated carbocycles. The molecule has 0 radical (unpaired) electrons. The fourth-order valence-corrected chi connectivity index (χ4v) is 3.06. The Labute approximate surface area is 113 Å². The highest BCUT2D eigenvalue weighted by Crippen LogP contribution is 2.40. The lowest BCUT2D eigenvalue weighted by Gasteiger charge is -2.36. The molecular formula is C16H19NO2. The Bertz CT molecular complexity index is 568. The number of methoxy groups -OCH3 is 1. The lowest BCUT2D eigenvalue weighted by molar-refractivity contribution is -0.0466. The molecule has 1 aliphatic rings. The van der Waals surface area contributed by atoms with Gasteiger partial charge in [-0.25, -0.2) is 0 Å². The second-order valence-corrected chi connectivity index (χ2v) is 5.37. The third kappa shape index (κ3) is 2.24. The monoisotopic (exact) mass is 257 g/mol. The second-order valence-electron chi connectivity index (χ2n) is 5.37. The van der Waals surface area contributed by atoms with E-state index in [-0.39, 0.29) is 6.10 Å². The zero-order chi connectivity index (χ0) is 13.3. The molecule has 0 unspecified atom stereocenters. The summed E-state index contributed by atoms with van der Waals surface area (Å²) in [5.41, 5.74) is 0.197. The number of rotatable bonds is 2. The van der Waals surface area contributed by atoms with Gasteiger partial charge in [0.1, 0.15) is 0 Å². The van der Waals surface area contributed by atoms with Crippen molar-refractivity contribution >= 4 is 10.8 Å². The predicted molar refractivity (Wildman–Crippen MR) is 74.9 cm³/mol. The molecule has 1 aromatic carbocycles. The van der Waals surface area contributed by atoms with Gasteiger partial charge in [0.25, 0.3) is 0 Å². The van der Waals surface area contributed by atoms with Gasteiger partial charge in [-0.3, -0.25) is 4.98 Å². The van der Waals surface area contributed by atoms with E-state index < -0.39 is 5.60 Å². The molecule has 100 valence electrons. The fraction of sp³-hybridized carbons (Fsp3) is 0.438. The molecule has 0 bridgehead atoms. The fourth-order valence-electron chi connectivity index (χ4n) is 3.06. The van der Waals surface area contributed by atoms with E-state index in [1.165, 1.54) is 0 Å². The Balaban J connectivity index is 2.00. The van der Waals surface area contributed by atoms with Crippen LogP contribution >= 0.6 is 0 Å². The average molecular weight is 257 g/mol. The van der Waals surface area contributed by atoms with Gasteiger partial charge in [-0.1, -0.05) is 24.3 Å². The molecule has 0 amide bonds. The van der Waals surface area contributed by atoms with Gasteiger partial charge in [0.2, 0.25) is 0 Å². The lowest BCUT2D eigenvalue weighted by atomic mass is 9.77. The summed E-state index contributed by atoms with van der Waals surface area (Å²) < 4.78 is 5.38. The van der Waals surface area contributed by atoms with Crippen molar-refractivity contribution in [3.05, 3.63) is 42.2 Å². The molecule has 0 spiro atoms. The second kappa shape index (κ2) is 4.91. The summed E-state index contributed by atoms with van der Waals surface area (Å²) in [5.74, 6) is 0. The van der Waals surface area contributed by atoms with Crippen molar-refractivity contribution in [2.24, 2.45) is 0 Å². The van der Waals surface area contributed by atoms with Gasteiger partial charge in [0.05, 0.1) is 11.7 Å². The van der Waals surface area contributed by atoms with Crippen molar-refractivity contribution in [1.29, 1.82) is 0 Å². The van der Waals surface area contributed by atoms with Crippen molar-refractivity contribution in [2.75, 3.05) is 7.11 Å². The number of ether oxygens (including phenoxy) is 1. The summed E-state index contributed by atoms with van der Waals surface area (Å²) in [6.45, 7) is 0. The van der Waals surface area contributed by atoms with Crippen LogP contribution in [0.1, 0.15) is 31.2 Å². The highest BCUT2D eigenvalue weighted by atomic mass is 16.5. The summed E-state index contributed by atoms with van der Waals surface area (Å²) >= 11 is 0. The molecule has 19 heavy (non-hydrogen) atoms. The summed E-state index contributed by atoms with van der Waals surface area (Å²) in [7, 11) is 1.74. The topological polar surface area (TPSA) is 42.4 Å². The zero-order valence-corrected chi connectivity index (χ0v) is 11.2. The first-order valence-corrected chi connectivity index (χ1v) is 6.81. The molecule has 0 atom stereocenters. The predicted octanol–water partition coefficient (Wildman–Crippen LogP) is 3.01. The summed E-state index contributed by atoms with van der Waals surface area (Å²) in [4.78, 5) is 4.28. The maximum atomic E-state index is 11.0. The van der Waals surface area contributed by atoms with Gasteiger partial charge in [-0.15, -0.1) is 0 Å². The number of nitrogens with zero attached hydrogens (tertiary/aromatic N) is 1. The van der Waals surface area contributed by atoms with E-state index in [1.807, 2.05) is 30.6 Å². The minimum Gasteiger partial charge on any atom is -0.385 e. The SMILES string of the molecule is COC1CCC(O)(c2cncc3ccccc23)CC1. The average Bonchev–Trinajstić information content (AvgIpc) is 2.47. The van der Waals surface area contributed by atoms with Crippen LogP contribution in [0, 0.1) is 0 Å². The van der Waals surface area contributed by atoms with Crippen LogP contribution in [0.5, 0.6) is 0 Å². The van der Waals surface area contributed by atoms with Gasteiger partial charge in [0, 0.05) is 30.5 Å². The Hall–Kier alpha value is -1.45. The quantitative estimate of drug-likeness (QED) is 0.899. The van der Waals surface area contributed by atoms with Gasteiger partial charge in [-0.2, -0.15) is 0 Å². The largest absolute Gasteiger partial charge is 0.385 e. The van der Waals surface area contributed by atoms with E-state index in [2.05, 4.69) is 11.1 Å². The van der Waals surface area contributed by atoms with E-state index in [9.17, 15) is 5.11 Å². The zero-order valence-electron chi connectivity index (χ0n) is 11.2. The van der Waals surface area contributed by atoms with E-state index in [0.29, 0.717) is 0 Å². The Morgan fingerprint density at radius 1 is 1.21 bits per heavy atom. The molecule has 1 N–H and O–H groups in total. The highest BCUT2D eigenvalue weighted by Gasteiger charge is 2.36. The molecule has 1 heterocycles. The van der Waals surface area contributed by atoms with Crippen LogP contribution in [-0.2, 0) is 10.3 Å². The van der Waals surface area contributed by atoms with E-state index in [4.69, 9.17) is 4.74 Å². The van der Waals surface area contributed by atoms with Crippen molar-refractivity contribution in [3.8, 4) is 0 Å². The van der Waals surface area contributed by atoms with Gasteiger partial charge in [0.15, 0.2) is 0 Å². The van der Waals surface area contributed by atoms with Crippen molar-refractivity contribution in [1.82, 2.24) is 4.98 Å². The van der Waals surface area contributed by atoms with Crippen LogP contribution in [-0.4, -0.2) is 23.3 Å². The van der Waals surface area contributed by atoms with Crippen LogP contribution in [0.25, 0.3) is 10.8 Å². The van der Waals surface area contributed by atoms with Crippen LogP contribution in [0.2, 0.25) is 0 Å². The van der Waals surface area contributed by atoms with Gasteiger partial charge in [-0.05, 0) is 31.1 Å². The molecular weight excluding hydrogens is 238 g/mol. The molecule has 1 fully saturated rings. The summed E-state index contributed by atoms with van der Waals surface area (Å²) in [6.07, 6.45) is 7.22. The van der Waals surface area contributed by atoms with E-state index >= 15 is 0 Å². The van der Waals surface area contributed by atoms with Crippen molar-refractivity contribution in [3.63, 3.8) is 0 Å². The number of aliphatic hydroxyl groups is 1. The maximum Gasteiger partial charge on any atom is 0.0919 e. The van der Waals surface area contributed by atoms with Gasteiger partial charge >= 0.3 is 0 Å². The first kappa shape index (κ1) is 12.6. The number of hydrogen-bond acceptors (Lipinski definition) is 3. The minimum atomic E-state index is -0.761. The van der Waals surface area contributed by atoms with Crippen LogP contribution < -0.4 is 0 Å². The number of benzene rings is 1. The Morgan fingerprint density at radius 2 is 1.95 bits per heavy atom. The molecule has 3 heteroatoms. The molecule has 0 aliphatic heterocycles. The Morgan fingerprint density at radius 3 is 2.68 bits per heavy atom. The first-order valence-electron chi connectivity index (χ1n) is 6.81. The van der Waals surface area contributed by atoms with Crippen molar-refractivity contribution in [2.45, 2.75) is 37.4 Å². The molecule has 1 aromatic heterocycles. The minimum absolute atomic E-state index is 0.281. The summed E-state index contributed by atoms with van der Waals surface area (Å²) in [5, 5.41) is 13.2. The lowest BCUT2D eigenvalue weighted by Crippen LogP contribution is -2.34. The number of pyridine rings is 1. The number of fused-ring (bicyclic) bond motifs is 1. The van der Waals surface area contributed by atoms with Crippen LogP contribution in [0.3, 0.4) is 0 Å². The summed E-state index contributed by atoms with van der Waals surface area (Å²) in [6, 6.07) is 8.11. The third-order valence-electron chi connectivity index (χ3n) is 4.26. The first-order chi connectivity index (χ1) is 9.23. The maximum absolute atomic E-state index is 11.0. The molecule has 1 aliphatic carbocycles. The molecule has 2 aromatic rings. The van der Waals surface area contributed by atoms with Gasteiger partial charge < -0.3 is 9.84 Å². The molecule has 0 saturated heterocycles. The molecule has 3 rings (SSSR count). The normalized spacial score (nSPS) is 27.6.